The standard InChI is InChI=1S/C23H15Cl2F3N4O2/c24-13-4-3-5-15(10-13)30-22(33)34-32-20-12-29-21(17-11-14(25)8-9-19(17)31-20)16-6-1-2-7-18(16)23(26,27)28/h1-11H,12H2,(H,30,33)(H,31,32). The summed E-state index contributed by atoms with van der Waals surface area (Å²) < 4.78 is 41.0. The summed E-state index contributed by atoms with van der Waals surface area (Å²) in [5.74, 6) is 0.101. The topological polar surface area (TPSA) is 75.1 Å². The van der Waals surface area contributed by atoms with Crippen molar-refractivity contribution in [3.63, 3.8) is 0 Å². The monoisotopic (exact) mass is 506 g/mol. The van der Waals surface area contributed by atoms with Gasteiger partial charge in [0.1, 0.15) is 6.54 Å². The Morgan fingerprint density at radius 2 is 1.71 bits per heavy atom. The lowest BCUT2D eigenvalue weighted by Gasteiger charge is -2.15. The van der Waals surface area contributed by atoms with Crippen LogP contribution in [0, 0.1) is 0 Å². The minimum atomic E-state index is -4.59. The number of aliphatic imine (C=N–C) groups is 2. The summed E-state index contributed by atoms with van der Waals surface area (Å²) in [6, 6.07) is 16.1. The maximum Gasteiger partial charge on any atom is 0.435 e. The van der Waals surface area contributed by atoms with Gasteiger partial charge in [0.2, 0.25) is 0 Å². The van der Waals surface area contributed by atoms with Gasteiger partial charge in [-0.15, -0.1) is 0 Å². The van der Waals surface area contributed by atoms with Crippen molar-refractivity contribution in [3.8, 4) is 0 Å². The van der Waals surface area contributed by atoms with Gasteiger partial charge in [-0.1, -0.05) is 47.5 Å². The Bertz CT molecular complexity index is 1310. The number of nitrogens with one attached hydrogen (secondary N) is 2. The number of anilines is 1. The number of rotatable bonds is 2. The van der Waals surface area contributed by atoms with Crippen molar-refractivity contribution < 1.29 is 22.8 Å². The number of amidine groups is 1. The van der Waals surface area contributed by atoms with Crippen molar-refractivity contribution in [3.05, 3.63) is 93.5 Å². The van der Waals surface area contributed by atoms with Crippen molar-refractivity contribution >= 4 is 52.2 Å². The average molecular weight is 507 g/mol. The van der Waals surface area contributed by atoms with Crippen LogP contribution in [0.1, 0.15) is 16.7 Å². The third kappa shape index (κ3) is 5.49. The summed E-state index contributed by atoms with van der Waals surface area (Å²) in [5.41, 5.74) is 2.54. The molecule has 4 rings (SSSR count). The molecule has 2 N–H and O–H groups in total. The first kappa shape index (κ1) is 23.6. The number of hydrogen-bond acceptors (Lipinski definition) is 5. The normalized spacial score (nSPS) is 13.2. The lowest BCUT2D eigenvalue weighted by atomic mass is 9.96. The number of fused-ring (bicyclic) bond motifs is 1. The lowest BCUT2D eigenvalue weighted by Crippen LogP contribution is -2.31. The summed E-state index contributed by atoms with van der Waals surface area (Å²) in [6.07, 6.45) is -5.44. The van der Waals surface area contributed by atoms with Crippen LogP contribution < -0.4 is 10.8 Å². The fraction of sp³-hybridized carbons (Fsp3) is 0.0870. The molecule has 0 fully saturated rings. The molecule has 1 aliphatic rings. The number of carbonyl (C=O) groups excluding carboxylic acids is 1. The third-order valence-corrected chi connectivity index (χ3v) is 5.15. The van der Waals surface area contributed by atoms with E-state index in [1.165, 1.54) is 30.3 Å². The van der Waals surface area contributed by atoms with Gasteiger partial charge in [-0.3, -0.25) is 10.3 Å². The smallest absolute Gasteiger partial charge is 0.323 e. The van der Waals surface area contributed by atoms with E-state index < -0.39 is 17.8 Å². The summed E-state index contributed by atoms with van der Waals surface area (Å²) >= 11 is 12.0. The Kier molecular flexibility index (Phi) is 6.76. The number of hydroxylamine groups is 1. The van der Waals surface area contributed by atoms with E-state index in [2.05, 4.69) is 20.8 Å². The number of hydrogen-bond donors (Lipinski definition) is 2. The molecule has 6 nitrogen and oxygen atoms in total. The maximum atomic E-state index is 13.7. The van der Waals surface area contributed by atoms with E-state index in [1.807, 2.05) is 0 Å². The molecule has 34 heavy (non-hydrogen) atoms. The molecule has 0 atom stereocenters. The fourth-order valence-corrected chi connectivity index (χ4v) is 3.61. The van der Waals surface area contributed by atoms with Gasteiger partial charge in [0.15, 0.2) is 5.84 Å². The minimum absolute atomic E-state index is 0.0642. The molecule has 3 aromatic carbocycles. The van der Waals surface area contributed by atoms with Crippen LogP contribution in [0.3, 0.4) is 0 Å². The first-order valence-corrected chi connectivity index (χ1v) is 10.5. The molecule has 0 saturated carbocycles. The second kappa shape index (κ2) is 9.74. The summed E-state index contributed by atoms with van der Waals surface area (Å²) in [6.45, 7) is -0.182. The molecule has 0 spiro atoms. The van der Waals surface area contributed by atoms with Crippen molar-refractivity contribution in [1.29, 1.82) is 0 Å². The van der Waals surface area contributed by atoms with Crippen LogP contribution in [-0.2, 0) is 11.0 Å². The van der Waals surface area contributed by atoms with Gasteiger partial charge in [0, 0.05) is 26.9 Å². The number of alkyl halides is 3. The Morgan fingerprint density at radius 1 is 0.941 bits per heavy atom. The predicted octanol–water partition coefficient (Wildman–Crippen LogP) is 6.65. The molecule has 0 radical (unpaired) electrons. The number of benzene rings is 3. The van der Waals surface area contributed by atoms with Crippen molar-refractivity contribution in [2.45, 2.75) is 6.18 Å². The molecular formula is C23H15Cl2F3N4O2. The quantitative estimate of drug-likeness (QED) is 0.382. The van der Waals surface area contributed by atoms with Crippen LogP contribution in [0.25, 0.3) is 0 Å². The number of nitrogens with zero attached hydrogens (tertiary/aromatic N) is 2. The van der Waals surface area contributed by atoms with Gasteiger partial charge >= 0.3 is 12.3 Å². The second-order valence-electron chi connectivity index (χ2n) is 7.06. The Hall–Kier alpha value is -3.56. The average Bonchev–Trinajstić information content (AvgIpc) is 2.96. The molecule has 174 valence electrons. The van der Waals surface area contributed by atoms with Gasteiger partial charge in [0.05, 0.1) is 17.0 Å². The number of carbonyl (C=O) groups is 1. The summed E-state index contributed by atoms with van der Waals surface area (Å²) in [5, 5.41) is 3.21. The highest BCUT2D eigenvalue weighted by molar-refractivity contribution is 6.32. The summed E-state index contributed by atoms with van der Waals surface area (Å²) in [4.78, 5) is 25.8. The van der Waals surface area contributed by atoms with Gasteiger partial charge in [-0.05, 0) is 42.5 Å². The van der Waals surface area contributed by atoms with Crippen LogP contribution in [0.2, 0.25) is 10.0 Å². The molecule has 0 bridgehead atoms. The van der Waals surface area contributed by atoms with Crippen molar-refractivity contribution in [2.24, 2.45) is 9.98 Å². The van der Waals surface area contributed by atoms with E-state index in [0.29, 0.717) is 27.0 Å². The van der Waals surface area contributed by atoms with E-state index in [4.69, 9.17) is 28.0 Å². The first-order valence-electron chi connectivity index (χ1n) is 9.78. The highest BCUT2D eigenvalue weighted by Crippen LogP contribution is 2.35. The molecule has 1 amide bonds. The van der Waals surface area contributed by atoms with E-state index in [1.54, 1.807) is 30.3 Å². The van der Waals surface area contributed by atoms with E-state index in [0.717, 1.165) is 6.07 Å². The molecule has 1 aliphatic heterocycles. The van der Waals surface area contributed by atoms with Crippen molar-refractivity contribution in [1.82, 2.24) is 5.48 Å². The summed E-state index contributed by atoms with van der Waals surface area (Å²) in [7, 11) is 0. The Balaban J connectivity index is 1.61. The number of amides is 1. The van der Waals surface area contributed by atoms with Crippen LogP contribution in [0.4, 0.5) is 29.3 Å². The van der Waals surface area contributed by atoms with Gasteiger partial charge in [0.25, 0.3) is 0 Å². The van der Waals surface area contributed by atoms with Gasteiger partial charge in [-0.25, -0.2) is 15.3 Å². The zero-order valence-corrected chi connectivity index (χ0v) is 18.7. The fourth-order valence-electron chi connectivity index (χ4n) is 3.25. The lowest BCUT2D eigenvalue weighted by molar-refractivity contribution is -0.137. The zero-order chi connectivity index (χ0) is 24.3. The van der Waals surface area contributed by atoms with Gasteiger partial charge < -0.3 is 4.84 Å². The van der Waals surface area contributed by atoms with E-state index in [-0.39, 0.29) is 23.7 Å². The van der Waals surface area contributed by atoms with Crippen LogP contribution in [0.5, 0.6) is 0 Å². The molecule has 3 aromatic rings. The molecule has 0 saturated heterocycles. The first-order chi connectivity index (χ1) is 16.2. The third-order valence-electron chi connectivity index (χ3n) is 4.68. The van der Waals surface area contributed by atoms with E-state index >= 15 is 0 Å². The highest BCUT2D eigenvalue weighted by atomic mass is 35.5. The predicted molar refractivity (Wildman–Crippen MR) is 125 cm³/mol. The molecular weight excluding hydrogens is 492 g/mol. The molecule has 0 unspecified atom stereocenters. The minimum Gasteiger partial charge on any atom is -0.323 e. The maximum absolute atomic E-state index is 13.7. The van der Waals surface area contributed by atoms with Crippen LogP contribution in [0.15, 0.2) is 76.7 Å². The number of halogens is 5. The molecule has 0 aromatic heterocycles. The van der Waals surface area contributed by atoms with Crippen LogP contribution in [-0.4, -0.2) is 24.2 Å². The highest BCUT2D eigenvalue weighted by Gasteiger charge is 2.35. The zero-order valence-electron chi connectivity index (χ0n) is 17.2. The van der Waals surface area contributed by atoms with E-state index in [9.17, 15) is 18.0 Å². The molecule has 0 aliphatic carbocycles. The Morgan fingerprint density at radius 3 is 2.47 bits per heavy atom. The second-order valence-corrected chi connectivity index (χ2v) is 7.93. The van der Waals surface area contributed by atoms with Crippen molar-refractivity contribution in [2.75, 3.05) is 11.9 Å². The molecule has 11 heteroatoms. The SMILES string of the molecule is O=C(Nc1cccc(Cl)c1)ONC1=Nc2ccc(Cl)cc2C(c2ccccc2C(F)(F)F)=NC1. The largest absolute Gasteiger partial charge is 0.435 e. The Labute approximate surface area is 202 Å². The van der Waals surface area contributed by atoms with Crippen LogP contribution >= 0.6 is 23.2 Å². The van der Waals surface area contributed by atoms with Gasteiger partial charge in [-0.2, -0.15) is 13.2 Å². The molecule has 1 heterocycles.